The summed E-state index contributed by atoms with van der Waals surface area (Å²) in [5.41, 5.74) is 2.90. The quantitative estimate of drug-likeness (QED) is 0.293. The Balaban J connectivity index is 1.61. The lowest BCUT2D eigenvalue weighted by atomic mass is 9.94. The highest BCUT2D eigenvalue weighted by atomic mass is 32.3. The molecule has 2 aromatic carbocycles. The molecule has 1 saturated carbocycles. The molecule has 1 aliphatic heterocycles. The molecule has 0 spiro atoms. The van der Waals surface area contributed by atoms with Crippen molar-refractivity contribution in [1.29, 1.82) is 0 Å². The van der Waals surface area contributed by atoms with Gasteiger partial charge in [0, 0.05) is 18.7 Å². The van der Waals surface area contributed by atoms with E-state index in [2.05, 4.69) is 10.6 Å². The van der Waals surface area contributed by atoms with Crippen molar-refractivity contribution >= 4 is 28.5 Å². The van der Waals surface area contributed by atoms with Crippen LogP contribution in [0.3, 0.4) is 0 Å². The second kappa shape index (κ2) is 11.5. The number of aliphatic hydroxyl groups excluding tert-OH is 1. The van der Waals surface area contributed by atoms with Gasteiger partial charge in [-0.05, 0) is 60.9 Å². The van der Waals surface area contributed by atoms with Gasteiger partial charge in [0.05, 0.1) is 23.6 Å². The van der Waals surface area contributed by atoms with E-state index in [0.29, 0.717) is 42.3 Å². The normalized spacial score (nSPS) is 20.0. The fourth-order valence-corrected chi connectivity index (χ4v) is 6.70. The molecule has 2 atom stereocenters. The van der Waals surface area contributed by atoms with E-state index < -0.39 is 34.9 Å². The molecule has 0 bridgehead atoms. The highest BCUT2D eigenvalue weighted by molar-refractivity contribution is 8.25. The molecule has 196 valence electrons. The van der Waals surface area contributed by atoms with Crippen LogP contribution in [0.2, 0.25) is 0 Å². The molecule has 2 amide bonds. The number of carbonyl (C=O) groups excluding carboxylic acids is 1. The summed E-state index contributed by atoms with van der Waals surface area (Å²) in [6.45, 7) is 0.281. The lowest BCUT2D eigenvalue weighted by Crippen LogP contribution is -2.49. The summed E-state index contributed by atoms with van der Waals surface area (Å²) in [6, 6.07) is 14.1. The SMILES string of the molecule is O=C(O)NC[C@@H](O)[C@H](Cc1ccccc1)NC(=O)c1cc(C2CCCC2)cc(N2CCCS2(O)O)c1. The summed E-state index contributed by atoms with van der Waals surface area (Å²) in [5.74, 6) is 0.220. The van der Waals surface area contributed by atoms with Gasteiger partial charge in [0.15, 0.2) is 0 Å². The third-order valence-electron chi connectivity index (χ3n) is 6.99. The van der Waals surface area contributed by atoms with Crippen LogP contribution in [0.1, 0.15) is 59.5 Å². The molecule has 4 rings (SSSR count). The summed E-state index contributed by atoms with van der Waals surface area (Å²) in [5, 5.41) is 24.8. The molecule has 0 radical (unpaired) electrons. The molecule has 10 heteroatoms. The average molecular weight is 518 g/mol. The number of nitrogens with zero attached hydrogens (tertiary/aromatic N) is 1. The fraction of sp³-hybridized carbons (Fsp3) is 0.462. The molecule has 0 aromatic heterocycles. The van der Waals surface area contributed by atoms with Crippen LogP contribution in [0, 0.1) is 0 Å². The topological polar surface area (TPSA) is 142 Å². The predicted molar refractivity (Wildman–Crippen MR) is 141 cm³/mol. The number of rotatable bonds is 9. The van der Waals surface area contributed by atoms with Gasteiger partial charge in [0.1, 0.15) is 0 Å². The minimum Gasteiger partial charge on any atom is -0.465 e. The largest absolute Gasteiger partial charge is 0.465 e. The van der Waals surface area contributed by atoms with Gasteiger partial charge < -0.3 is 20.8 Å². The molecule has 2 aromatic rings. The smallest absolute Gasteiger partial charge is 0.404 e. The standard InChI is InChI=1S/C26H35N3O6S/c30-24(17-27-26(32)33)23(13-18-7-2-1-3-8-18)28-25(31)21-14-20(19-9-4-5-10-19)15-22(16-21)29-11-6-12-36(29,34)35/h1-3,7-8,14-16,19,23-24,27,30,34-35H,4-6,9-13,17H2,(H,28,31)(H,32,33)/t23-,24+/m0/s1. The van der Waals surface area contributed by atoms with Crippen LogP contribution in [0.25, 0.3) is 0 Å². The van der Waals surface area contributed by atoms with Crippen LogP contribution < -0.4 is 14.9 Å². The molecule has 1 aliphatic carbocycles. The zero-order chi connectivity index (χ0) is 25.7. The van der Waals surface area contributed by atoms with Crippen LogP contribution in [0.5, 0.6) is 0 Å². The zero-order valence-corrected chi connectivity index (χ0v) is 21.0. The Morgan fingerprint density at radius 3 is 2.42 bits per heavy atom. The molecule has 0 unspecified atom stereocenters. The van der Waals surface area contributed by atoms with E-state index in [-0.39, 0.29) is 6.54 Å². The molecule has 6 N–H and O–H groups in total. The molecular weight excluding hydrogens is 482 g/mol. The van der Waals surface area contributed by atoms with E-state index in [4.69, 9.17) is 5.11 Å². The van der Waals surface area contributed by atoms with Crippen LogP contribution in [-0.4, -0.2) is 62.3 Å². The van der Waals surface area contributed by atoms with Gasteiger partial charge >= 0.3 is 6.09 Å². The maximum absolute atomic E-state index is 13.5. The summed E-state index contributed by atoms with van der Waals surface area (Å²) in [7, 11) is -2.92. The molecule has 2 aliphatic rings. The maximum atomic E-state index is 13.5. The van der Waals surface area contributed by atoms with E-state index in [0.717, 1.165) is 36.8 Å². The van der Waals surface area contributed by atoms with Gasteiger partial charge in [0.25, 0.3) is 5.91 Å². The monoisotopic (exact) mass is 517 g/mol. The van der Waals surface area contributed by atoms with Crippen molar-refractivity contribution in [1.82, 2.24) is 10.6 Å². The van der Waals surface area contributed by atoms with Gasteiger partial charge in [-0.25, -0.2) is 4.79 Å². The third kappa shape index (κ3) is 6.50. The predicted octanol–water partition coefficient (Wildman–Crippen LogP) is 4.19. The number of aliphatic hydroxyl groups is 1. The van der Waals surface area contributed by atoms with Gasteiger partial charge in [-0.2, -0.15) is 0 Å². The van der Waals surface area contributed by atoms with Crippen molar-refractivity contribution in [3.63, 3.8) is 0 Å². The van der Waals surface area contributed by atoms with Crippen molar-refractivity contribution in [2.45, 2.75) is 56.6 Å². The molecule has 1 heterocycles. The Kier molecular flexibility index (Phi) is 8.40. The molecule has 36 heavy (non-hydrogen) atoms. The van der Waals surface area contributed by atoms with E-state index in [1.54, 1.807) is 10.4 Å². The summed E-state index contributed by atoms with van der Waals surface area (Å²) >= 11 is 0. The van der Waals surface area contributed by atoms with Crippen LogP contribution in [0.15, 0.2) is 48.5 Å². The van der Waals surface area contributed by atoms with Crippen molar-refractivity contribution in [2.75, 3.05) is 23.1 Å². The van der Waals surface area contributed by atoms with E-state index in [1.165, 1.54) is 0 Å². The third-order valence-corrected chi connectivity index (χ3v) is 8.93. The van der Waals surface area contributed by atoms with Crippen molar-refractivity contribution < 1.29 is 28.9 Å². The Morgan fingerprint density at radius 2 is 1.78 bits per heavy atom. The molecule has 1 saturated heterocycles. The lowest BCUT2D eigenvalue weighted by Gasteiger charge is -2.38. The number of carboxylic acid groups (broad SMARTS) is 1. The summed E-state index contributed by atoms with van der Waals surface area (Å²) in [6.07, 6.45) is 2.88. The zero-order valence-electron chi connectivity index (χ0n) is 20.2. The fourth-order valence-electron chi connectivity index (χ4n) is 5.10. The van der Waals surface area contributed by atoms with E-state index in [9.17, 15) is 23.8 Å². The molecule has 2 fully saturated rings. The first kappa shape index (κ1) is 26.3. The minimum absolute atomic E-state index is 0.227. The van der Waals surface area contributed by atoms with Crippen LogP contribution >= 0.6 is 10.8 Å². The first-order valence-corrected chi connectivity index (χ1v) is 14.1. The van der Waals surface area contributed by atoms with Gasteiger partial charge in [-0.3, -0.25) is 18.2 Å². The minimum atomic E-state index is -2.92. The highest BCUT2D eigenvalue weighted by Gasteiger charge is 2.31. The van der Waals surface area contributed by atoms with Crippen molar-refractivity contribution in [3.8, 4) is 0 Å². The van der Waals surface area contributed by atoms with E-state index >= 15 is 0 Å². The van der Waals surface area contributed by atoms with E-state index in [1.807, 2.05) is 42.5 Å². The number of hydrogen-bond donors (Lipinski definition) is 6. The highest BCUT2D eigenvalue weighted by Crippen LogP contribution is 2.51. The van der Waals surface area contributed by atoms with Gasteiger partial charge in [-0.15, -0.1) is 10.8 Å². The molecular formula is C26H35N3O6S. The lowest BCUT2D eigenvalue weighted by molar-refractivity contribution is 0.0830. The van der Waals surface area contributed by atoms with Crippen molar-refractivity contribution in [2.24, 2.45) is 0 Å². The first-order chi connectivity index (χ1) is 17.2. The maximum Gasteiger partial charge on any atom is 0.404 e. The van der Waals surface area contributed by atoms with Crippen molar-refractivity contribution in [3.05, 3.63) is 65.2 Å². The summed E-state index contributed by atoms with van der Waals surface area (Å²) < 4.78 is 22.7. The van der Waals surface area contributed by atoms with Gasteiger partial charge in [-0.1, -0.05) is 43.2 Å². The number of carbonyl (C=O) groups is 2. The molecule has 9 nitrogen and oxygen atoms in total. The van der Waals surface area contributed by atoms with Gasteiger partial charge in [0.2, 0.25) is 0 Å². The van der Waals surface area contributed by atoms with Crippen LogP contribution in [0.4, 0.5) is 10.5 Å². The van der Waals surface area contributed by atoms with Crippen LogP contribution in [-0.2, 0) is 6.42 Å². The average Bonchev–Trinajstić information content (AvgIpc) is 3.52. The second-order valence-electron chi connectivity index (χ2n) is 9.61. The summed E-state index contributed by atoms with van der Waals surface area (Å²) in [4.78, 5) is 24.4. The second-order valence-corrected chi connectivity index (χ2v) is 11.7. The Bertz CT molecular complexity index is 1060. The number of benzene rings is 2. The number of anilines is 1. The number of nitrogens with one attached hydrogen (secondary N) is 2. The number of amides is 2. The number of hydrogen-bond acceptors (Lipinski definition) is 6. The Hall–Kier alpha value is -2.79. The first-order valence-electron chi connectivity index (χ1n) is 12.4. The Morgan fingerprint density at radius 1 is 1.06 bits per heavy atom. The Labute approximate surface area is 213 Å².